The quantitative estimate of drug-likeness (QED) is 0.818. The largest absolute Gasteiger partial charge is 0.337 e. The fraction of sp³-hybridized carbons (Fsp3) is 0.231. The van der Waals surface area contributed by atoms with Crippen molar-refractivity contribution >= 4 is 0 Å². The Morgan fingerprint density at radius 3 is 3.06 bits per heavy atom. The molecule has 0 aliphatic heterocycles. The maximum atomic E-state index is 5.86. The molecule has 1 heterocycles. The van der Waals surface area contributed by atoms with E-state index in [2.05, 4.69) is 16.7 Å². The predicted octanol–water partition coefficient (Wildman–Crippen LogP) is 2.62. The molecule has 88 valence electrons. The molecule has 0 aliphatic rings. The van der Waals surface area contributed by atoms with Crippen LogP contribution in [0.25, 0.3) is 11.4 Å². The Kier molecular flexibility index (Phi) is 3.35. The second-order valence-electron chi connectivity index (χ2n) is 3.96. The molecule has 4 nitrogen and oxygen atoms in total. The predicted molar refractivity (Wildman–Crippen MR) is 66.2 cm³/mol. The van der Waals surface area contributed by atoms with Crippen LogP contribution in [0.1, 0.15) is 23.9 Å². The third kappa shape index (κ3) is 2.60. The summed E-state index contributed by atoms with van der Waals surface area (Å²) in [6, 6.07) is 7.66. The topological polar surface area (TPSA) is 64.9 Å². The lowest BCUT2D eigenvalue weighted by molar-refractivity contribution is 0.356. The SMILES string of the molecule is C=CCC(N)c1nc(-c2cccc(C)c2)no1. The van der Waals surface area contributed by atoms with Crippen LogP contribution < -0.4 is 5.73 Å². The van der Waals surface area contributed by atoms with E-state index in [0.717, 1.165) is 11.1 Å². The summed E-state index contributed by atoms with van der Waals surface area (Å²) >= 11 is 0. The van der Waals surface area contributed by atoms with Crippen molar-refractivity contribution in [3.05, 3.63) is 48.4 Å². The Morgan fingerprint density at radius 1 is 1.53 bits per heavy atom. The molecule has 1 aromatic heterocycles. The summed E-state index contributed by atoms with van der Waals surface area (Å²) in [4.78, 5) is 4.29. The van der Waals surface area contributed by atoms with E-state index in [1.54, 1.807) is 6.08 Å². The van der Waals surface area contributed by atoms with Gasteiger partial charge in [0.1, 0.15) is 0 Å². The number of nitrogens with two attached hydrogens (primary N) is 1. The Hall–Kier alpha value is -1.94. The smallest absolute Gasteiger partial charge is 0.244 e. The summed E-state index contributed by atoms with van der Waals surface area (Å²) in [6.07, 6.45) is 2.36. The molecular formula is C13H15N3O. The number of rotatable bonds is 4. The summed E-state index contributed by atoms with van der Waals surface area (Å²) < 4.78 is 5.14. The van der Waals surface area contributed by atoms with Crippen molar-refractivity contribution < 1.29 is 4.52 Å². The summed E-state index contributed by atoms with van der Waals surface area (Å²) in [7, 11) is 0. The molecule has 0 saturated carbocycles. The van der Waals surface area contributed by atoms with E-state index in [-0.39, 0.29) is 6.04 Å². The molecule has 0 radical (unpaired) electrons. The van der Waals surface area contributed by atoms with Crippen LogP contribution in [-0.4, -0.2) is 10.1 Å². The van der Waals surface area contributed by atoms with Gasteiger partial charge in [0.15, 0.2) is 0 Å². The van der Waals surface area contributed by atoms with E-state index in [1.165, 1.54) is 0 Å². The van der Waals surface area contributed by atoms with Crippen molar-refractivity contribution in [2.75, 3.05) is 0 Å². The molecule has 0 fully saturated rings. The van der Waals surface area contributed by atoms with Gasteiger partial charge in [0.2, 0.25) is 11.7 Å². The molecule has 0 spiro atoms. The maximum Gasteiger partial charge on any atom is 0.244 e. The second kappa shape index (κ2) is 4.93. The lowest BCUT2D eigenvalue weighted by Crippen LogP contribution is -2.09. The zero-order chi connectivity index (χ0) is 12.3. The third-order valence-electron chi connectivity index (χ3n) is 2.46. The van der Waals surface area contributed by atoms with Crippen molar-refractivity contribution in [1.29, 1.82) is 0 Å². The van der Waals surface area contributed by atoms with E-state index in [9.17, 15) is 0 Å². The molecular weight excluding hydrogens is 214 g/mol. The highest BCUT2D eigenvalue weighted by molar-refractivity contribution is 5.55. The summed E-state index contributed by atoms with van der Waals surface area (Å²) in [5.74, 6) is 1.02. The lowest BCUT2D eigenvalue weighted by atomic mass is 10.1. The van der Waals surface area contributed by atoms with Gasteiger partial charge in [-0.1, -0.05) is 35.0 Å². The maximum absolute atomic E-state index is 5.86. The number of hydrogen-bond acceptors (Lipinski definition) is 4. The Balaban J connectivity index is 2.26. The molecule has 0 saturated heterocycles. The van der Waals surface area contributed by atoms with Gasteiger partial charge in [0.05, 0.1) is 6.04 Å². The van der Waals surface area contributed by atoms with Gasteiger partial charge < -0.3 is 10.3 Å². The molecule has 17 heavy (non-hydrogen) atoms. The first-order chi connectivity index (χ1) is 8.20. The first-order valence-corrected chi connectivity index (χ1v) is 5.48. The minimum Gasteiger partial charge on any atom is -0.337 e. The van der Waals surface area contributed by atoms with Gasteiger partial charge in [-0.15, -0.1) is 6.58 Å². The monoisotopic (exact) mass is 229 g/mol. The minimum atomic E-state index is -0.279. The summed E-state index contributed by atoms with van der Waals surface area (Å²) in [6.45, 7) is 5.65. The number of hydrogen-bond donors (Lipinski definition) is 1. The van der Waals surface area contributed by atoms with E-state index in [4.69, 9.17) is 10.3 Å². The highest BCUT2D eigenvalue weighted by Gasteiger charge is 2.14. The zero-order valence-electron chi connectivity index (χ0n) is 9.76. The average Bonchev–Trinajstić information content (AvgIpc) is 2.78. The van der Waals surface area contributed by atoms with Crippen molar-refractivity contribution in [2.45, 2.75) is 19.4 Å². The van der Waals surface area contributed by atoms with Crippen LogP contribution in [0.5, 0.6) is 0 Å². The average molecular weight is 229 g/mol. The van der Waals surface area contributed by atoms with Crippen LogP contribution in [0, 0.1) is 6.92 Å². The third-order valence-corrected chi connectivity index (χ3v) is 2.46. The van der Waals surface area contributed by atoms with Gasteiger partial charge in [0, 0.05) is 5.56 Å². The number of nitrogens with zero attached hydrogens (tertiary/aromatic N) is 2. The molecule has 0 aliphatic carbocycles. The molecule has 2 N–H and O–H groups in total. The van der Waals surface area contributed by atoms with E-state index < -0.39 is 0 Å². The van der Waals surface area contributed by atoms with Crippen molar-refractivity contribution in [3.63, 3.8) is 0 Å². The van der Waals surface area contributed by atoms with E-state index in [1.807, 2.05) is 31.2 Å². The highest BCUT2D eigenvalue weighted by atomic mass is 16.5. The van der Waals surface area contributed by atoms with Crippen LogP contribution >= 0.6 is 0 Å². The van der Waals surface area contributed by atoms with Crippen molar-refractivity contribution in [3.8, 4) is 11.4 Å². The minimum absolute atomic E-state index is 0.279. The van der Waals surface area contributed by atoms with Crippen molar-refractivity contribution in [2.24, 2.45) is 5.73 Å². The lowest BCUT2D eigenvalue weighted by Gasteiger charge is -2.00. The summed E-state index contributed by atoms with van der Waals surface area (Å²) in [5, 5.41) is 3.93. The van der Waals surface area contributed by atoms with E-state index >= 15 is 0 Å². The van der Waals surface area contributed by atoms with E-state index in [0.29, 0.717) is 18.1 Å². The van der Waals surface area contributed by atoms with Gasteiger partial charge in [-0.05, 0) is 19.4 Å². The fourth-order valence-electron chi connectivity index (χ4n) is 1.57. The Labute approximate surface area is 100 Å². The van der Waals surface area contributed by atoms with Crippen LogP contribution in [0.2, 0.25) is 0 Å². The second-order valence-corrected chi connectivity index (χ2v) is 3.96. The van der Waals surface area contributed by atoms with Crippen molar-refractivity contribution in [1.82, 2.24) is 10.1 Å². The molecule has 1 atom stereocenters. The van der Waals surface area contributed by atoms with Crippen LogP contribution in [-0.2, 0) is 0 Å². The molecule has 4 heteroatoms. The normalized spacial score (nSPS) is 12.4. The first kappa shape index (κ1) is 11.5. The summed E-state index contributed by atoms with van der Waals surface area (Å²) in [5.41, 5.74) is 7.95. The van der Waals surface area contributed by atoms with Crippen LogP contribution in [0.15, 0.2) is 41.4 Å². The standard InChI is InChI=1S/C13H15N3O/c1-3-5-11(14)13-15-12(16-17-13)10-7-4-6-9(2)8-10/h3-4,6-8,11H,1,5,14H2,2H3. The Bertz CT molecular complexity index is 519. The number of aryl methyl sites for hydroxylation is 1. The molecule has 2 rings (SSSR count). The van der Waals surface area contributed by atoms with Crippen LogP contribution in [0.4, 0.5) is 0 Å². The molecule has 0 amide bonds. The van der Waals surface area contributed by atoms with Gasteiger partial charge in [0.25, 0.3) is 0 Å². The Morgan fingerprint density at radius 2 is 2.35 bits per heavy atom. The molecule has 1 unspecified atom stereocenters. The fourth-order valence-corrected chi connectivity index (χ4v) is 1.57. The first-order valence-electron chi connectivity index (χ1n) is 5.48. The zero-order valence-corrected chi connectivity index (χ0v) is 9.76. The van der Waals surface area contributed by atoms with Gasteiger partial charge in [-0.3, -0.25) is 0 Å². The van der Waals surface area contributed by atoms with Gasteiger partial charge >= 0.3 is 0 Å². The highest BCUT2D eigenvalue weighted by Crippen LogP contribution is 2.19. The molecule has 1 aromatic carbocycles. The van der Waals surface area contributed by atoms with Gasteiger partial charge in [-0.25, -0.2) is 0 Å². The molecule has 2 aromatic rings. The number of aromatic nitrogens is 2. The van der Waals surface area contributed by atoms with Gasteiger partial charge in [-0.2, -0.15) is 4.98 Å². The molecule has 0 bridgehead atoms. The number of benzene rings is 1. The van der Waals surface area contributed by atoms with Crippen LogP contribution in [0.3, 0.4) is 0 Å².